The van der Waals surface area contributed by atoms with Crippen LogP contribution < -0.4 is 9.47 Å². The number of hydrogen-bond donors (Lipinski definition) is 0. The molecular formula is C20H24FNO4S. The molecule has 0 aliphatic carbocycles. The average molecular weight is 393 g/mol. The molecule has 0 radical (unpaired) electrons. The first-order valence-electron chi connectivity index (χ1n) is 8.82. The van der Waals surface area contributed by atoms with Gasteiger partial charge in [0.15, 0.2) is 11.5 Å². The summed E-state index contributed by atoms with van der Waals surface area (Å²) >= 11 is 0. The molecule has 3 rings (SSSR count). The average Bonchev–Trinajstić information content (AvgIpc) is 3.12. The molecule has 1 aliphatic heterocycles. The molecule has 0 bridgehead atoms. The molecule has 1 heterocycles. The number of halogens is 1. The van der Waals surface area contributed by atoms with Gasteiger partial charge in [-0.1, -0.05) is 12.1 Å². The Labute approximate surface area is 159 Å². The molecule has 0 spiro atoms. The zero-order chi connectivity index (χ0) is 19.6. The van der Waals surface area contributed by atoms with Crippen LogP contribution in [0.2, 0.25) is 0 Å². The molecule has 0 saturated carbocycles. The summed E-state index contributed by atoms with van der Waals surface area (Å²) < 4.78 is 51.7. The number of hydrogen-bond acceptors (Lipinski definition) is 4. The van der Waals surface area contributed by atoms with Crippen LogP contribution in [-0.2, 0) is 16.4 Å². The van der Waals surface area contributed by atoms with E-state index in [1.807, 2.05) is 18.2 Å². The quantitative estimate of drug-likeness (QED) is 0.755. The second-order valence-corrected chi connectivity index (χ2v) is 8.75. The van der Waals surface area contributed by atoms with Gasteiger partial charge in [-0.15, -0.1) is 0 Å². The highest BCUT2D eigenvalue weighted by molar-refractivity contribution is 7.89. The van der Waals surface area contributed by atoms with E-state index in [1.165, 1.54) is 16.4 Å². The fraction of sp³-hybridized carbons (Fsp3) is 0.400. The highest BCUT2D eigenvalue weighted by atomic mass is 32.2. The number of rotatable bonds is 6. The van der Waals surface area contributed by atoms with Crippen LogP contribution >= 0.6 is 0 Å². The fourth-order valence-corrected chi connectivity index (χ4v) is 5.15. The zero-order valence-corrected chi connectivity index (χ0v) is 16.6. The van der Waals surface area contributed by atoms with Crippen LogP contribution in [0.1, 0.15) is 17.5 Å². The maximum atomic E-state index is 14.1. The van der Waals surface area contributed by atoms with E-state index in [4.69, 9.17) is 9.47 Å². The molecular weight excluding hydrogens is 369 g/mol. The van der Waals surface area contributed by atoms with Gasteiger partial charge in [-0.05, 0) is 61.1 Å². The van der Waals surface area contributed by atoms with Gasteiger partial charge in [0.25, 0.3) is 0 Å². The van der Waals surface area contributed by atoms with Gasteiger partial charge in [0.1, 0.15) is 10.7 Å². The lowest BCUT2D eigenvalue weighted by molar-refractivity contribution is 0.354. The summed E-state index contributed by atoms with van der Waals surface area (Å²) in [5, 5.41) is 0. The van der Waals surface area contributed by atoms with Gasteiger partial charge in [-0.2, -0.15) is 4.31 Å². The molecule has 1 unspecified atom stereocenters. The molecule has 0 amide bonds. The van der Waals surface area contributed by atoms with Crippen molar-refractivity contribution in [2.45, 2.75) is 24.7 Å². The Morgan fingerprint density at radius 2 is 1.85 bits per heavy atom. The van der Waals surface area contributed by atoms with Crippen molar-refractivity contribution in [1.82, 2.24) is 4.31 Å². The molecule has 5 nitrogen and oxygen atoms in total. The summed E-state index contributed by atoms with van der Waals surface area (Å²) in [6, 6.07) is 9.89. The summed E-state index contributed by atoms with van der Waals surface area (Å²) in [5.74, 6) is 0.779. The van der Waals surface area contributed by atoms with Crippen molar-refractivity contribution < 1.29 is 22.3 Å². The van der Waals surface area contributed by atoms with E-state index >= 15 is 0 Å². The molecule has 1 aliphatic rings. The summed E-state index contributed by atoms with van der Waals surface area (Å²) in [6.07, 6.45) is 1.46. The molecule has 0 aromatic heterocycles. The minimum Gasteiger partial charge on any atom is -0.493 e. The smallest absolute Gasteiger partial charge is 0.246 e. The topological polar surface area (TPSA) is 55.8 Å². The van der Waals surface area contributed by atoms with Gasteiger partial charge in [-0.25, -0.2) is 12.8 Å². The standard InChI is InChI=1S/C20H24FNO4S/c1-14-4-6-17(21)20(10-14)27(23,24)22-9-8-16(13-22)11-15-5-7-18(25-2)19(12-15)26-3/h4-7,10,12,16H,8-9,11,13H2,1-3H3. The van der Waals surface area contributed by atoms with Gasteiger partial charge in [0.05, 0.1) is 14.2 Å². The van der Waals surface area contributed by atoms with Crippen molar-refractivity contribution in [3.63, 3.8) is 0 Å². The second-order valence-electron chi connectivity index (χ2n) is 6.85. The number of nitrogens with zero attached hydrogens (tertiary/aromatic N) is 1. The van der Waals surface area contributed by atoms with E-state index in [2.05, 4.69) is 0 Å². The van der Waals surface area contributed by atoms with Crippen molar-refractivity contribution in [3.8, 4) is 11.5 Å². The maximum absolute atomic E-state index is 14.1. The van der Waals surface area contributed by atoms with E-state index in [0.29, 0.717) is 24.6 Å². The third-order valence-corrected chi connectivity index (χ3v) is 6.81. The number of aryl methyl sites for hydroxylation is 1. The molecule has 1 saturated heterocycles. The van der Waals surface area contributed by atoms with Crippen LogP contribution in [0.4, 0.5) is 4.39 Å². The van der Waals surface area contributed by atoms with Crippen molar-refractivity contribution in [3.05, 3.63) is 53.3 Å². The maximum Gasteiger partial charge on any atom is 0.246 e. The van der Waals surface area contributed by atoms with Crippen LogP contribution in [-0.4, -0.2) is 40.0 Å². The van der Waals surface area contributed by atoms with Crippen LogP contribution in [0.15, 0.2) is 41.3 Å². The van der Waals surface area contributed by atoms with E-state index in [9.17, 15) is 12.8 Å². The summed E-state index contributed by atoms with van der Waals surface area (Å²) in [7, 11) is -0.657. The van der Waals surface area contributed by atoms with Crippen LogP contribution in [0, 0.1) is 18.7 Å². The van der Waals surface area contributed by atoms with E-state index < -0.39 is 15.8 Å². The first-order valence-corrected chi connectivity index (χ1v) is 10.3. The Bertz CT molecular complexity index is 930. The molecule has 7 heteroatoms. The largest absolute Gasteiger partial charge is 0.493 e. The third kappa shape index (κ3) is 4.09. The molecule has 1 fully saturated rings. The van der Waals surface area contributed by atoms with Crippen molar-refractivity contribution in [2.75, 3.05) is 27.3 Å². The van der Waals surface area contributed by atoms with Crippen LogP contribution in [0.25, 0.3) is 0 Å². The Kier molecular flexibility index (Phi) is 5.72. The van der Waals surface area contributed by atoms with Crippen molar-refractivity contribution in [2.24, 2.45) is 5.92 Å². The first kappa shape index (κ1) is 19.6. The van der Waals surface area contributed by atoms with Crippen molar-refractivity contribution >= 4 is 10.0 Å². The highest BCUT2D eigenvalue weighted by Crippen LogP contribution is 2.32. The number of ether oxygens (including phenoxy) is 2. The predicted octanol–water partition coefficient (Wildman–Crippen LogP) is 3.40. The van der Waals surface area contributed by atoms with Gasteiger partial charge in [-0.3, -0.25) is 0 Å². The van der Waals surface area contributed by atoms with Gasteiger partial charge < -0.3 is 9.47 Å². The fourth-order valence-electron chi connectivity index (χ4n) is 3.47. The molecule has 27 heavy (non-hydrogen) atoms. The Morgan fingerprint density at radius 1 is 1.11 bits per heavy atom. The molecule has 1 atom stereocenters. The molecule has 2 aromatic rings. The Balaban J connectivity index is 1.74. The number of benzene rings is 2. The Hall–Kier alpha value is -2.12. The van der Waals surface area contributed by atoms with Gasteiger partial charge in [0.2, 0.25) is 10.0 Å². The van der Waals surface area contributed by atoms with E-state index in [-0.39, 0.29) is 10.8 Å². The van der Waals surface area contributed by atoms with E-state index in [1.54, 1.807) is 27.2 Å². The zero-order valence-electron chi connectivity index (χ0n) is 15.7. The van der Waals surface area contributed by atoms with Crippen molar-refractivity contribution in [1.29, 1.82) is 0 Å². The number of methoxy groups -OCH3 is 2. The first-order chi connectivity index (χ1) is 12.8. The van der Waals surface area contributed by atoms with Crippen LogP contribution in [0.3, 0.4) is 0 Å². The predicted molar refractivity (Wildman–Crippen MR) is 101 cm³/mol. The molecule has 0 N–H and O–H groups in total. The number of sulfonamides is 1. The monoisotopic (exact) mass is 393 g/mol. The lowest BCUT2D eigenvalue weighted by Crippen LogP contribution is -2.30. The highest BCUT2D eigenvalue weighted by Gasteiger charge is 2.34. The lowest BCUT2D eigenvalue weighted by atomic mass is 9.98. The minimum absolute atomic E-state index is 0.172. The lowest BCUT2D eigenvalue weighted by Gasteiger charge is -2.18. The van der Waals surface area contributed by atoms with Gasteiger partial charge in [0, 0.05) is 13.1 Å². The molecule has 146 valence electrons. The summed E-state index contributed by atoms with van der Waals surface area (Å²) in [6.45, 7) is 2.53. The SMILES string of the molecule is COc1ccc(CC2CCN(S(=O)(=O)c3cc(C)ccc3F)C2)cc1OC. The second kappa shape index (κ2) is 7.86. The van der Waals surface area contributed by atoms with Gasteiger partial charge >= 0.3 is 0 Å². The normalized spacial score (nSPS) is 17.9. The third-order valence-electron chi connectivity index (χ3n) is 4.93. The minimum atomic E-state index is -3.83. The molecule has 2 aromatic carbocycles. The Morgan fingerprint density at radius 3 is 2.56 bits per heavy atom. The van der Waals surface area contributed by atoms with E-state index in [0.717, 1.165) is 24.0 Å². The summed E-state index contributed by atoms with van der Waals surface area (Å²) in [5.41, 5.74) is 1.77. The van der Waals surface area contributed by atoms with Crippen LogP contribution in [0.5, 0.6) is 11.5 Å². The summed E-state index contributed by atoms with van der Waals surface area (Å²) in [4.78, 5) is -0.241.